The largest absolute Gasteiger partial charge is 0.469 e. The van der Waals surface area contributed by atoms with Crippen LogP contribution in [0.4, 0.5) is 4.79 Å². The zero-order chi connectivity index (χ0) is 14.4. The summed E-state index contributed by atoms with van der Waals surface area (Å²) in [6.07, 6.45) is 6.84. The van der Waals surface area contributed by atoms with Crippen LogP contribution in [0.5, 0.6) is 0 Å². The zero-order valence-electron chi connectivity index (χ0n) is 11.8. The molecule has 6 heteroatoms. The zero-order valence-corrected chi connectivity index (χ0v) is 11.8. The van der Waals surface area contributed by atoms with Crippen LogP contribution in [0.2, 0.25) is 0 Å². The number of furan rings is 1. The van der Waals surface area contributed by atoms with Gasteiger partial charge in [-0.25, -0.2) is 4.79 Å². The fourth-order valence-corrected chi connectivity index (χ4v) is 1.98. The predicted molar refractivity (Wildman–Crippen MR) is 75.3 cm³/mol. The summed E-state index contributed by atoms with van der Waals surface area (Å²) < 4.78 is 7.00. The minimum Gasteiger partial charge on any atom is -0.469 e. The summed E-state index contributed by atoms with van der Waals surface area (Å²) >= 11 is 0. The maximum atomic E-state index is 11.7. The van der Waals surface area contributed by atoms with E-state index in [9.17, 15) is 4.79 Å². The summed E-state index contributed by atoms with van der Waals surface area (Å²) in [5.74, 6) is 0.869. The van der Waals surface area contributed by atoms with Crippen molar-refractivity contribution in [3.8, 4) is 0 Å². The van der Waals surface area contributed by atoms with Crippen LogP contribution in [0.3, 0.4) is 0 Å². The lowest BCUT2D eigenvalue weighted by Crippen LogP contribution is -2.42. The van der Waals surface area contributed by atoms with Crippen molar-refractivity contribution in [3.05, 3.63) is 42.1 Å². The molecule has 20 heavy (non-hydrogen) atoms. The van der Waals surface area contributed by atoms with Gasteiger partial charge in [0.15, 0.2) is 0 Å². The van der Waals surface area contributed by atoms with E-state index in [1.807, 2.05) is 32.3 Å². The van der Waals surface area contributed by atoms with E-state index in [0.29, 0.717) is 13.0 Å². The van der Waals surface area contributed by atoms with Gasteiger partial charge in [0.05, 0.1) is 12.5 Å². The number of carbonyl (C=O) groups excluding carboxylic acids is 1. The highest BCUT2D eigenvalue weighted by Gasteiger charge is 2.09. The number of amides is 2. The predicted octanol–water partition coefficient (Wildman–Crippen LogP) is 1.49. The first kappa shape index (κ1) is 14.2. The van der Waals surface area contributed by atoms with E-state index < -0.39 is 0 Å². The molecule has 0 saturated carbocycles. The highest BCUT2D eigenvalue weighted by Crippen LogP contribution is 2.03. The average molecular weight is 276 g/mol. The van der Waals surface area contributed by atoms with E-state index in [1.54, 1.807) is 17.1 Å². The SMILES string of the molecule is CC(Cc1ccco1)NC(=O)NCCc1cnn(C)c1. The molecule has 2 amide bonds. The molecule has 0 aliphatic rings. The Balaban J connectivity index is 1.64. The number of rotatable bonds is 6. The number of hydrogen-bond donors (Lipinski definition) is 2. The lowest BCUT2D eigenvalue weighted by molar-refractivity contribution is 0.237. The molecule has 6 nitrogen and oxygen atoms in total. The fourth-order valence-electron chi connectivity index (χ4n) is 1.98. The van der Waals surface area contributed by atoms with Gasteiger partial charge in [-0.3, -0.25) is 4.68 Å². The molecule has 0 radical (unpaired) electrons. The van der Waals surface area contributed by atoms with Crippen molar-refractivity contribution in [2.24, 2.45) is 7.05 Å². The Morgan fingerprint density at radius 1 is 1.55 bits per heavy atom. The normalized spacial score (nSPS) is 12.1. The van der Waals surface area contributed by atoms with E-state index in [0.717, 1.165) is 17.7 Å². The molecule has 0 aromatic carbocycles. The van der Waals surface area contributed by atoms with Crippen LogP contribution in [0, 0.1) is 0 Å². The van der Waals surface area contributed by atoms with Crippen molar-refractivity contribution in [2.45, 2.75) is 25.8 Å². The summed E-state index contributed by atoms with van der Waals surface area (Å²) in [7, 11) is 1.87. The van der Waals surface area contributed by atoms with Crippen LogP contribution in [0.15, 0.2) is 35.2 Å². The number of hydrogen-bond acceptors (Lipinski definition) is 3. The van der Waals surface area contributed by atoms with Gasteiger partial charge < -0.3 is 15.1 Å². The molecule has 2 rings (SSSR count). The third-order valence-corrected chi connectivity index (χ3v) is 2.92. The van der Waals surface area contributed by atoms with Crippen molar-refractivity contribution < 1.29 is 9.21 Å². The molecule has 1 atom stereocenters. The van der Waals surface area contributed by atoms with Crippen molar-refractivity contribution in [1.82, 2.24) is 20.4 Å². The van der Waals surface area contributed by atoms with Gasteiger partial charge in [-0.2, -0.15) is 5.10 Å². The van der Waals surface area contributed by atoms with Crippen molar-refractivity contribution in [2.75, 3.05) is 6.54 Å². The third-order valence-electron chi connectivity index (χ3n) is 2.92. The molecular formula is C14H20N4O2. The van der Waals surface area contributed by atoms with Crippen LogP contribution < -0.4 is 10.6 Å². The molecule has 0 saturated heterocycles. The molecule has 0 fully saturated rings. The van der Waals surface area contributed by atoms with E-state index in [2.05, 4.69) is 15.7 Å². The molecule has 0 aliphatic heterocycles. The third kappa shape index (κ3) is 4.46. The Morgan fingerprint density at radius 2 is 2.40 bits per heavy atom. The Kier molecular flexibility index (Phi) is 4.81. The van der Waals surface area contributed by atoms with Crippen LogP contribution in [0.1, 0.15) is 18.2 Å². The first-order valence-electron chi connectivity index (χ1n) is 6.68. The lowest BCUT2D eigenvalue weighted by atomic mass is 10.2. The highest BCUT2D eigenvalue weighted by molar-refractivity contribution is 5.74. The molecule has 1 unspecified atom stereocenters. The van der Waals surface area contributed by atoms with Gasteiger partial charge >= 0.3 is 6.03 Å². The number of aromatic nitrogens is 2. The number of urea groups is 1. The Morgan fingerprint density at radius 3 is 3.05 bits per heavy atom. The molecule has 0 spiro atoms. The standard InChI is InChI=1S/C14H20N4O2/c1-11(8-13-4-3-7-20-13)17-14(19)15-6-5-12-9-16-18(2)10-12/h3-4,7,9-11H,5-6,8H2,1-2H3,(H2,15,17,19). The van der Waals surface area contributed by atoms with Crippen molar-refractivity contribution in [1.29, 1.82) is 0 Å². The molecule has 0 aliphatic carbocycles. The first-order chi connectivity index (χ1) is 9.63. The minimum absolute atomic E-state index is 0.0274. The molecule has 2 aromatic rings. The summed E-state index contributed by atoms with van der Waals surface area (Å²) in [6.45, 7) is 2.54. The van der Waals surface area contributed by atoms with Gasteiger partial charge in [-0.1, -0.05) is 0 Å². The van der Waals surface area contributed by atoms with Crippen LogP contribution in [-0.4, -0.2) is 28.4 Å². The molecule has 2 aromatic heterocycles. The van der Waals surface area contributed by atoms with Crippen molar-refractivity contribution in [3.63, 3.8) is 0 Å². The molecule has 0 bridgehead atoms. The van der Waals surface area contributed by atoms with Gasteiger partial charge in [-0.05, 0) is 31.0 Å². The summed E-state index contributed by atoms with van der Waals surface area (Å²) in [5.41, 5.74) is 1.11. The van der Waals surface area contributed by atoms with Crippen LogP contribution in [0.25, 0.3) is 0 Å². The maximum Gasteiger partial charge on any atom is 0.315 e. The Bertz CT molecular complexity index is 533. The molecular weight excluding hydrogens is 256 g/mol. The van der Waals surface area contributed by atoms with E-state index in [-0.39, 0.29) is 12.1 Å². The topological polar surface area (TPSA) is 72.1 Å². The summed E-state index contributed by atoms with van der Waals surface area (Å²) in [4.78, 5) is 11.7. The van der Waals surface area contributed by atoms with Crippen LogP contribution in [-0.2, 0) is 19.9 Å². The smallest absolute Gasteiger partial charge is 0.315 e. The van der Waals surface area contributed by atoms with E-state index in [1.165, 1.54) is 0 Å². The number of nitrogens with one attached hydrogen (secondary N) is 2. The van der Waals surface area contributed by atoms with E-state index >= 15 is 0 Å². The Labute approximate surface area is 118 Å². The highest BCUT2D eigenvalue weighted by atomic mass is 16.3. The van der Waals surface area contributed by atoms with E-state index in [4.69, 9.17) is 4.42 Å². The fraction of sp³-hybridized carbons (Fsp3) is 0.429. The molecule has 108 valence electrons. The van der Waals surface area contributed by atoms with Crippen LogP contribution >= 0.6 is 0 Å². The summed E-state index contributed by atoms with van der Waals surface area (Å²) in [5, 5.41) is 9.79. The van der Waals surface area contributed by atoms with Gasteiger partial charge in [0.2, 0.25) is 0 Å². The van der Waals surface area contributed by atoms with Gasteiger partial charge in [0, 0.05) is 32.3 Å². The minimum atomic E-state index is -0.159. The van der Waals surface area contributed by atoms with Crippen molar-refractivity contribution >= 4 is 6.03 Å². The summed E-state index contributed by atoms with van der Waals surface area (Å²) in [6, 6.07) is 3.61. The second-order valence-electron chi connectivity index (χ2n) is 4.86. The first-order valence-corrected chi connectivity index (χ1v) is 6.68. The molecule has 2 heterocycles. The van der Waals surface area contributed by atoms with Gasteiger partial charge in [-0.15, -0.1) is 0 Å². The average Bonchev–Trinajstić information content (AvgIpc) is 3.01. The second kappa shape index (κ2) is 6.79. The van der Waals surface area contributed by atoms with Gasteiger partial charge in [0.1, 0.15) is 5.76 Å². The second-order valence-corrected chi connectivity index (χ2v) is 4.86. The number of aryl methyl sites for hydroxylation is 1. The maximum absolute atomic E-state index is 11.7. The van der Waals surface area contributed by atoms with Gasteiger partial charge in [0.25, 0.3) is 0 Å². The Hall–Kier alpha value is -2.24. The number of carbonyl (C=O) groups is 1. The monoisotopic (exact) mass is 276 g/mol. The number of nitrogens with zero attached hydrogens (tertiary/aromatic N) is 2. The quantitative estimate of drug-likeness (QED) is 0.839. The molecule has 2 N–H and O–H groups in total. The lowest BCUT2D eigenvalue weighted by Gasteiger charge is -2.13.